The second kappa shape index (κ2) is 4.78. The maximum absolute atomic E-state index is 10.8. The minimum Gasteiger partial charge on any atom is -0.301 e. The van der Waals surface area contributed by atoms with E-state index < -0.39 is 5.97 Å². The molecule has 0 aromatic heterocycles. The monoisotopic (exact) mass is 202 g/mol. The van der Waals surface area contributed by atoms with Crippen molar-refractivity contribution in [2.24, 2.45) is 10.8 Å². The Morgan fingerprint density at radius 1 is 1.21 bits per heavy atom. The molecule has 0 atom stereocenters. The summed E-state index contributed by atoms with van der Waals surface area (Å²) in [6.45, 7) is 10.8. The highest BCUT2D eigenvalue weighted by Crippen LogP contribution is 2.36. The fourth-order valence-electron chi connectivity index (χ4n) is 2.01. The largest absolute Gasteiger partial charge is 0.342 e. The Hall–Kier alpha value is -0.570. The van der Waals surface area contributed by atoms with Crippen molar-refractivity contribution in [3.05, 3.63) is 0 Å². The lowest BCUT2D eigenvalue weighted by atomic mass is 9.74. The van der Waals surface area contributed by atoms with Crippen LogP contribution in [0.2, 0.25) is 0 Å². The molecule has 0 aliphatic carbocycles. The van der Waals surface area contributed by atoms with Gasteiger partial charge in [0.1, 0.15) is 0 Å². The van der Waals surface area contributed by atoms with Crippen molar-refractivity contribution in [1.82, 2.24) is 0 Å². The summed E-state index contributed by atoms with van der Waals surface area (Å²) in [7, 11) is 0. The van der Waals surface area contributed by atoms with Gasteiger partial charge >= 0.3 is 5.97 Å². The molecule has 3 nitrogen and oxygen atoms in total. The van der Waals surface area contributed by atoms with Crippen LogP contribution < -0.4 is 0 Å². The fraction of sp³-hybridized carbons (Fsp3) is 0.909. The Balaban J connectivity index is 4.01. The lowest BCUT2D eigenvalue weighted by Crippen LogP contribution is -2.21. The van der Waals surface area contributed by atoms with Crippen LogP contribution in [0.5, 0.6) is 0 Å². The van der Waals surface area contributed by atoms with Crippen LogP contribution in [0.1, 0.15) is 53.9 Å². The normalized spacial score (nSPS) is 12.7. The van der Waals surface area contributed by atoms with Gasteiger partial charge in [0.25, 0.3) is 0 Å². The fourth-order valence-corrected chi connectivity index (χ4v) is 2.01. The first-order valence-electron chi connectivity index (χ1n) is 5.01. The van der Waals surface area contributed by atoms with Crippen molar-refractivity contribution in [1.29, 1.82) is 0 Å². The van der Waals surface area contributed by atoms with Gasteiger partial charge in [-0.25, -0.2) is 4.79 Å². The van der Waals surface area contributed by atoms with Crippen molar-refractivity contribution < 1.29 is 14.9 Å². The number of carbonyl (C=O) groups is 1. The molecule has 3 heteroatoms. The molecular formula is C11H22O3. The van der Waals surface area contributed by atoms with Crippen LogP contribution in [-0.2, 0) is 9.68 Å². The molecule has 84 valence electrons. The third-order valence-electron chi connectivity index (χ3n) is 2.12. The molecule has 0 fully saturated rings. The van der Waals surface area contributed by atoms with Crippen LogP contribution in [0, 0.1) is 10.8 Å². The van der Waals surface area contributed by atoms with E-state index in [1.54, 1.807) is 0 Å². The zero-order valence-corrected chi connectivity index (χ0v) is 9.89. The first kappa shape index (κ1) is 13.4. The molecule has 0 spiro atoms. The first-order valence-corrected chi connectivity index (χ1v) is 5.01. The second-order valence-corrected chi connectivity index (χ2v) is 5.86. The Morgan fingerprint density at radius 3 is 2.07 bits per heavy atom. The Morgan fingerprint density at radius 2 is 1.71 bits per heavy atom. The molecule has 0 amide bonds. The molecule has 0 aliphatic heterocycles. The number of rotatable bonds is 4. The lowest BCUT2D eigenvalue weighted by molar-refractivity contribution is -0.234. The van der Waals surface area contributed by atoms with Gasteiger partial charge in [0.05, 0.1) is 0 Å². The maximum atomic E-state index is 10.8. The van der Waals surface area contributed by atoms with Gasteiger partial charge in [0.15, 0.2) is 0 Å². The predicted molar refractivity (Wildman–Crippen MR) is 55.8 cm³/mol. The highest BCUT2D eigenvalue weighted by Gasteiger charge is 2.26. The summed E-state index contributed by atoms with van der Waals surface area (Å²) in [5.41, 5.74) is 0.360. The molecule has 0 aromatic rings. The third-order valence-corrected chi connectivity index (χ3v) is 2.12. The van der Waals surface area contributed by atoms with E-state index in [4.69, 9.17) is 5.26 Å². The van der Waals surface area contributed by atoms with E-state index >= 15 is 0 Å². The topological polar surface area (TPSA) is 46.5 Å². The van der Waals surface area contributed by atoms with Gasteiger partial charge in [-0.15, -0.1) is 0 Å². The van der Waals surface area contributed by atoms with Crippen LogP contribution in [0.25, 0.3) is 0 Å². The van der Waals surface area contributed by atoms with Crippen LogP contribution >= 0.6 is 0 Å². The quantitative estimate of drug-likeness (QED) is 0.562. The van der Waals surface area contributed by atoms with E-state index in [1.807, 2.05) is 0 Å². The van der Waals surface area contributed by atoms with Crippen LogP contribution in [0.3, 0.4) is 0 Å². The number of carbonyl (C=O) groups excluding carboxylic acids is 1. The minimum absolute atomic E-state index is 0.104. The van der Waals surface area contributed by atoms with E-state index in [0.717, 1.165) is 12.8 Å². The smallest absolute Gasteiger partial charge is 0.301 e. The molecule has 1 N–H and O–H groups in total. The molecule has 0 rings (SSSR count). The highest BCUT2D eigenvalue weighted by atomic mass is 17.1. The van der Waals surface area contributed by atoms with E-state index in [9.17, 15) is 4.79 Å². The molecule has 0 aliphatic rings. The van der Waals surface area contributed by atoms with Gasteiger partial charge < -0.3 is 4.89 Å². The second-order valence-electron chi connectivity index (χ2n) is 5.86. The van der Waals surface area contributed by atoms with E-state index in [2.05, 4.69) is 39.5 Å². The molecule has 0 bridgehead atoms. The Kier molecular flexibility index (Phi) is 4.59. The summed E-state index contributed by atoms with van der Waals surface area (Å²) < 4.78 is 0. The van der Waals surface area contributed by atoms with Gasteiger partial charge in [0.2, 0.25) is 0 Å². The average molecular weight is 202 g/mol. The summed E-state index contributed by atoms with van der Waals surface area (Å²) in [6, 6.07) is 0. The Labute approximate surface area is 86.4 Å². The van der Waals surface area contributed by atoms with Crippen LogP contribution in [-0.4, -0.2) is 11.2 Å². The van der Waals surface area contributed by atoms with Crippen molar-refractivity contribution in [3.63, 3.8) is 0 Å². The van der Waals surface area contributed by atoms with E-state index in [0.29, 0.717) is 0 Å². The SMILES string of the molecule is CC(C)(C)CC(C)(C)CCC(=O)OO. The van der Waals surface area contributed by atoms with E-state index in [-0.39, 0.29) is 17.3 Å². The maximum Gasteiger partial charge on any atom is 0.342 e. The summed E-state index contributed by atoms with van der Waals surface area (Å²) in [5.74, 6) is -0.549. The van der Waals surface area contributed by atoms with Crippen molar-refractivity contribution in [3.8, 4) is 0 Å². The highest BCUT2D eigenvalue weighted by molar-refractivity contribution is 5.68. The number of hydrogen-bond donors (Lipinski definition) is 1. The van der Waals surface area contributed by atoms with Crippen LogP contribution in [0.4, 0.5) is 0 Å². The standard InChI is InChI=1S/C11H22O3/c1-10(2,3)8-11(4,5)7-6-9(12)14-13/h13H,6-8H2,1-5H3. The summed E-state index contributed by atoms with van der Waals surface area (Å²) in [5, 5.41) is 8.11. The van der Waals surface area contributed by atoms with E-state index in [1.165, 1.54) is 0 Å². The molecule has 0 heterocycles. The molecule has 0 unspecified atom stereocenters. The third kappa shape index (κ3) is 6.89. The van der Waals surface area contributed by atoms with Crippen molar-refractivity contribution in [2.45, 2.75) is 53.9 Å². The molecule has 0 saturated carbocycles. The van der Waals surface area contributed by atoms with Gasteiger partial charge in [-0.3, -0.25) is 0 Å². The molecule has 0 saturated heterocycles. The molecular weight excluding hydrogens is 180 g/mol. The zero-order chi connectivity index (χ0) is 11.4. The minimum atomic E-state index is -0.549. The van der Waals surface area contributed by atoms with Gasteiger partial charge in [-0.05, 0) is 23.7 Å². The molecule has 0 radical (unpaired) electrons. The van der Waals surface area contributed by atoms with Gasteiger partial charge in [-0.1, -0.05) is 34.6 Å². The molecule has 14 heavy (non-hydrogen) atoms. The van der Waals surface area contributed by atoms with Crippen molar-refractivity contribution >= 4 is 5.97 Å². The Bertz CT molecular complexity index is 189. The summed E-state index contributed by atoms with van der Waals surface area (Å²) >= 11 is 0. The summed E-state index contributed by atoms with van der Waals surface area (Å²) in [6.07, 6.45) is 2.06. The predicted octanol–water partition coefficient (Wildman–Crippen LogP) is 3.25. The van der Waals surface area contributed by atoms with Gasteiger partial charge in [-0.2, -0.15) is 5.26 Å². The zero-order valence-electron chi connectivity index (χ0n) is 9.89. The number of hydrogen-bond acceptors (Lipinski definition) is 3. The summed E-state index contributed by atoms with van der Waals surface area (Å²) in [4.78, 5) is 14.4. The van der Waals surface area contributed by atoms with Crippen molar-refractivity contribution in [2.75, 3.05) is 0 Å². The lowest BCUT2D eigenvalue weighted by Gasteiger charge is -2.32. The first-order chi connectivity index (χ1) is 6.16. The average Bonchev–Trinajstić information content (AvgIpc) is 1.96. The van der Waals surface area contributed by atoms with Gasteiger partial charge in [0, 0.05) is 6.42 Å². The van der Waals surface area contributed by atoms with Crippen LogP contribution in [0.15, 0.2) is 0 Å². The molecule has 0 aromatic carbocycles.